The molecule has 0 spiro atoms. The van der Waals surface area contributed by atoms with Crippen LogP contribution in [0.2, 0.25) is 0 Å². The minimum atomic E-state index is -4.60. The molecule has 1 amide bonds. The van der Waals surface area contributed by atoms with Gasteiger partial charge in [-0.25, -0.2) is 4.68 Å². The van der Waals surface area contributed by atoms with Crippen LogP contribution in [0.1, 0.15) is 28.9 Å². The number of amides is 1. The second kappa shape index (κ2) is 7.58. The fourth-order valence-corrected chi connectivity index (χ4v) is 3.23. The molecule has 1 N–H and O–H groups in total. The number of benzene rings is 1. The number of carbonyl (C=O) groups excluding carboxylic acids is 1. The number of rotatable bonds is 5. The van der Waals surface area contributed by atoms with Gasteiger partial charge in [0, 0.05) is 19.7 Å². The summed E-state index contributed by atoms with van der Waals surface area (Å²) < 4.78 is 45.7. The summed E-state index contributed by atoms with van der Waals surface area (Å²) in [6, 6.07) is 4.20. The Morgan fingerprint density at radius 3 is 2.68 bits per heavy atom. The molecular weight excluding hydrogens is 381 g/mol. The van der Waals surface area contributed by atoms with Gasteiger partial charge in [-0.3, -0.25) is 9.59 Å². The van der Waals surface area contributed by atoms with Gasteiger partial charge in [-0.2, -0.15) is 13.2 Å². The lowest BCUT2D eigenvalue weighted by Gasteiger charge is -2.21. The van der Waals surface area contributed by atoms with Crippen molar-refractivity contribution in [1.29, 1.82) is 0 Å². The standard InChI is InChI=1S/C17H17F3N4O4/c1-28-11-6-10(7-15(25)26)23(8-11)16(27)13-9-24(22-21-13)14-5-3-2-4-12(14)17(18,19)20/h2-5,9-11H,6-8H2,1H3,(H,25,26). The number of carboxylic acids is 1. The molecular formula is C17H17F3N4O4. The van der Waals surface area contributed by atoms with Crippen LogP contribution in [-0.4, -0.2) is 62.7 Å². The maximum atomic E-state index is 13.2. The second-order valence-corrected chi connectivity index (χ2v) is 6.37. The molecule has 1 aromatic heterocycles. The first-order valence-corrected chi connectivity index (χ1v) is 8.35. The van der Waals surface area contributed by atoms with E-state index in [-0.39, 0.29) is 30.5 Å². The molecule has 2 atom stereocenters. The molecule has 2 heterocycles. The summed E-state index contributed by atoms with van der Waals surface area (Å²) in [5.74, 6) is -1.68. The van der Waals surface area contributed by atoms with Gasteiger partial charge in [0.25, 0.3) is 5.91 Å². The summed E-state index contributed by atoms with van der Waals surface area (Å²) in [4.78, 5) is 25.1. The van der Waals surface area contributed by atoms with Crippen LogP contribution in [0.15, 0.2) is 30.5 Å². The predicted molar refractivity (Wildman–Crippen MR) is 88.9 cm³/mol. The fraction of sp³-hybridized carbons (Fsp3) is 0.412. The largest absolute Gasteiger partial charge is 0.481 e. The van der Waals surface area contributed by atoms with E-state index in [0.717, 1.165) is 16.9 Å². The normalized spacial score (nSPS) is 19.8. The lowest BCUT2D eigenvalue weighted by Crippen LogP contribution is -2.37. The Morgan fingerprint density at radius 1 is 1.32 bits per heavy atom. The Balaban J connectivity index is 1.88. The maximum Gasteiger partial charge on any atom is 0.418 e. The number of aromatic nitrogens is 3. The Labute approximate surface area is 157 Å². The summed E-state index contributed by atoms with van der Waals surface area (Å²) in [7, 11) is 1.46. The van der Waals surface area contributed by atoms with Crippen molar-refractivity contribution in [1.82, 2.24) is 19.9 Å². The summed E-state index contributed by atoms with van der Waals surface area (Å²) in [5.41, 5.74) is -1.35. The molecule has 0 radical (unpaired) electrons. The van der Waals surface area contributed by atoms with Gasteiger partial charge in [-0.15, -0.1) is 5.10 Å². The SMILES string of the molecule is COC1CC(CC(=O)O)N(C(=O)c2cn(-c3ccccc3C(F)(F)F)nn2)C1. The first-order valence-electron chi connectivity index (χ1n) is 8.35. The van der Waals surface area contributed by atoms with E-state index in [2.05, 4.69) is 10.3 Å². The van der Waals surface area contributed by atoms with Gasteiger partial charge in [0.1, 0.15) is 0 Å². The molecule has 8 nitrogen and oxygen atoms in total. The molecule has 1 fully saturated rings. The van der Waals surface area contributed by atoms with Crippen molar-refractivity contribution >= 4 is 11.9 Å². The van der Waals surface area contributed by atoms with Crippen LogP contribution in [0.5, 0.6) is 0 Å². The van der Waals surface area contributed by atoms with Crippen molar-refractivity contribution in [2.45, 2.75) is 31.2 Å². The van der Waals surface area contributed by atoms with E-state index < -0.39 is 29.7 Å². The average molecular weight is 398 g/mol. The van der Waals surface area contributed by atoms with Crippen LogP contribution in [0, 0.1) is 0 Å². The van der Waals surface area contributed by atoms with E-state index in [1.807, 2.05) is 0 Å². The van der Waals surface area contributed by atoms with Gasteiger partial charge in [0.2, 0.25) is 0 Å². The van der Waals surface area contributed by atoms with Gasteiger partial charge in [0.15, 0.2) is 5.69 Å². The molecule has 2 unspecified atom stereocenters. The highest BCUT2D eigenvalue weighted by Crippen LogP contribution is 2.33. The fourth-order valence-electron chi connectivity index (χ4n) is 3.23. The zero-order valence-electron chi connectivity index (χ0n) is 14.8. The summed E-state index contributed by atoms with van der Waals surface area (Å²) in [6.45, 7) is 0.166. The van der Waals surface area contributed by atoms with Crippen LogP contribution < -0.4 is 0 Å². The van der Waals surface area contributed by atoms with Crippen molar-refractivity contribution in [2.75, 3.05) is 13.7 Å². The van der Waals surface area contributed by atoms with E-state index in [9.17, 15) is 22.8 Å². The van der Waals surface area contributed by atoms with Crippen molar-refractivity contribution in [3.8, 4) is 5.69 Å². The number of carbonyl (C=O) groups is 2. The molecule has 1 aliphatic heterocycles. The number of hydrogen-bond acceptors (Lipinski definition) is 5. The minimum Gasteiger partial charge on any atom is -0.481 e. The second-order valence-electron chi connectivity index (χ2n) is 6.37. The van der Waals surface area contributed by atoms with Crippen molar-refractivity contribution in [2.24, 2.45) is 0 Å². The molecule has 3 rings (SSSR count). The van der Waals surface area contributed by atoms with Crippen LogP contribution >= 0.6 is 0 Å². The maximum absolute atomic E-state index is 13.2. The molecule has 150 valence electrons. The Kier molecular flexibility index (Phi) is 5.36. The predicted octanol–water partition coefficient (Wildman–Crippen LogP) is 1.99. The summed E-state index contributed by atoms with van der Waals surface area (Å²) in [6.07, 6.45) is -3.74. The number of para-hydroxylation sites is 1. The van der Waals surface area contributed by atoms with Gasteiger partial charge < -0.3 is 14.7 Å². The summed E-state index contributed by atoms with van der Waals surface area (Å²) in [5, 5.41) is 16.4. The van der Waals surface area contributed by atoms with E-state index in [1.165, 1.54) is 30.2 Å². The van der Waals surface area contributed by atoms with Gasteiger partial charge >= 0.3 is 12.1 Å². The molecule has 28 heavy (non-hydrogen) atoms. The van der Waals surface area contributed by atoms with E-state index >= 15 is 0 Å². The molecule has 0 bridgehead atoms. The molecule has 0 aliphatic carbocycles. The van der Waals surface area contributed by atoms with Gasteiger partial charge in [-0.05, 0) is 18.6 Å². The van der Waals surface area contributed by atoms with Crippen LogP contribution in [0.4, 0.5) is 13.2 Å². The van der Waals surface area contributed by atoms with Gasteiger partial charge in [-0.1, -0.05) is 17.3 Å². The highest BCUT2D eigenvalue weighted by atomic mass is 19.4. The lowest BCUT2D eigenvalue weighted by molar-refractivity contribution is -0.138. The number of aliphatic carboxylic acids is 1. The molecule has 1 saturated heterocycles. The highest BCUT2D eigenvalue weighted by molar-refractivity contribution is 5.92. The van der Waals surface area contributed by atoms with Crippen molar-refractivity contribution < 1.29 is 32.6 Å². The van der Waals surface area contributed by atoms with Crippen molar-refractivity contribution in [3.05, 3.63) is 41.7 Å². The number of alkyl halides is 3. The Hall–Kier alpha value is -2.95. The molecule has 2 aromatic rings. The van der Waals surface area contributed by atoms with Crippen LogP contribution in [0.25, 0.3) is 5.69 Å². The van der Waals surface area contributed by atoms with Crippen LogP contribution in [0.3, 0.4) is 0 Å². The van der Waals surface area contributed by atoms with Crippen molar-refractivity contribution in [3.63, 3.8) is 0 Å². The quantitative estimate of drug-likeness (QED) is 0.827. The number of ether oxygens (including phenoxy) is 1. The number of halogens is 3. The number of likely N-dealkylation sites (tertiary alicyclic amines) is 1. The number of hydrogen-bond donors (Lipinski definition) is 1. The molecule has 11 heteroatoms. The van der Waals surface area contributed by atoms with E-state index in [1.54, 1.807) is 0 Å². The highest BCUT2D eigenvalue weighted by Gasteiger charge is 2.38. The van der Waals surface area contributed by atoms with Crippen LogP contribution in [-0.2, 0) is 15.7 Å². The number of methoxy groups -OCH3 is 1. The lowest BCUT2D eigenvalue weighted by atomic mass is 10.1. The third-order valence-electron chi connectivity index (χ3n) is 4.55. The monoisotopic (exact) mass is 398 g/mol. The first-order chi connectivity index (χ1) is 13.2. The smallest absolute Gasteiger partial charge is 0.418 e. The zero-order chi connectivity index (χ0) is 20.5. The average Bonchev–Trinajstić information content (AvgIpc) is 3.27. The Morgan fingerprint density at radius 2 is 2.04 bits per heavy atom. The van der Waals surface area contributed by atoms with E-state index in [4.69, 9.17) is 9.84 Å². The topological polar surface area (TPSA) is 97.6 Å². The van der Waals surface area contributed by atoms with Gasteiger partial charge in [0.05, 0.1) is 30.0 Å². The molecule has 0 saturated carbocycles. The van der Waals surface area contributed by atoms with E-state index in [0.29, 0.717) is 6.42 Å². The molecule has 1 aliphatic rings. The number of nitrogens with zero attached hydrogens (tertiary/aromatic N) is 4. The number of carboxylic acid groups (broad SMARTS) is 1. The first kappa shape index (κ1) is 19.8. The minimum absolute atomic E-state index is 0.166. The molecule has 1 aromatic carbocycles. The zero-order valence-corrected chi connectivity index (χ0v) is 14.8. The third-order valence-corrected chi connectivity index (χ3v) is 4.55. The third kappa shape index (κ3) is 3.98. The Bertz CT molecular complexity index is 883. The summed E-state index contributed by atoms with van der Waals surface area (Å²) >= 11 is 0.